The minimum atomic E-state index is 0. The van der Waals surface area contributed by atoms with E-state index in [4.69, 9.17) is 0 Å². The standard InChI is InChI=1S/C16H27N2O2.HI/c1-18-10-3-2-7-14(18)13(6-5-11-18)12-17-15(19)8-4-9-16(17)20;/h13-14H,2-12H2,1H3;1H/q+1;/p-1. The van der Waals surface area contributed by atoms with Gasteiger partial charge in [-0.2, -0.15) is 0 Å². The first-order chi connectivity index (χ1) is 9.60. The molecule has 0 radical (unpaired) electrons. The van der Waals surface area contributed by atoms with Gasteiger partial charge in [-0.25, -0.2) is 0 Å². The highest BCUT2D eigenvalue weighted by molar-refractivity contribution is 5.97. The SMILES string of the molecule is C[N+]12CCCCC1C(CN1C(=O)CCCC1=O)CCC2.[I-]. The van der Waals surface area contributed by atoms with E-state index in [2.05, 4.69) is 7.05 Å². The summed E-state index contributed by atoms with van der Waals surface area (Å²) in [6, 6.07) is 0.667. The molecule has 0 N–H and O–H groups in total. The van der Waals surface area contributed by atoms with Crippen molar-refractivity contribution in [3.05, 3.63) is 0 Å². The Morgan fingerprint density at radius 1 is 1.00 bits per heavy atom. The maximum absolute atomic E-state index is 12.0. The lowest BCUT2D eigenvalue weighted by atomic mass is 9.81. The van der Waals surface area contributed by atoms with Gasteiger partial charge in [-0.1, -0.05) is 0 Å². The molecule has 3 saturated heterocycles. The van der Waals surface area contributed by atoms with Crippen molar-refractivity contribution in [3.8, 4) is 0 Å². The van der Waals surface area contributed by atoms with Crippen LogP contribution in [0, 0.1) is 5.92 Å². The Morgan fingerprint density at radius 3 is 2.38 bits per heavy atom. The molecule has 2 amide bonds. The number of likely N-dealkylation sites (tertiary alicyclic amines) is 1. The molecule has 3 unspecified atom stereocenters. The van der Waals surface area contributed by atoms with Crippen LogP contribution in [-0.2, 0) is 9.59 Å². The van der Waals surface area contributed by atoms with E-state index in [9.17, 15) is 9.59 Å². The van der Waals surface area contributed by atoms with Crippen molar-refractivity contribution in [1.82, 2.24) is 4.90 Å². The number of nitrogens with zero attached hydrogens (tertiary/aromatic N) is 2. The van der Waals surface area contributed by atoms with Gasteiger partial charge in [-0.3, -0.25) is 14.5 Å². The van der Waals surface area contributed by atoms with Crippen molar-refractivity contribution >= 4 is 11.8 Å². The third kappa shape index (κ3) is 3.44. The molecule has 5 heteroatoms. The van der Waals surface area contributed by atoms with Gasteiger partial charge in [-0.15, -0.1) is 0 Å². The molecule has 3 atom stereocenters. The maximum Gasteiger partial charge on any atom is 0.229 e. The second-order valence-corrected chi connectivity index (χ2v) is 7.14. The lowest BCUT2D eigenvalue weighted by Gasteiger charge is -2.51. The topological polar surface area (TPSA) is 37.4 Å². The molecule has 0 aliphatic carbocycles. The first kappa shape index (κ1) is 17.2. The molecule has 0 aromatic carbocycles. The van der Waals surface area contributed by atoms with E-state index in [1.54, 1.807) is 4.90 Å². The Balaban J connectivity index is 0.00000161. The van der Waals surface area contributed by atoms with Crippen LogP contribution < -0.4 is 24.0 Å². The second kappa shape index (κ2) is 6.94. The van der Waals surface area contributed by atoms with Crippen molar-refractivity contribution < 1.29 is 38.0 Å². The maximum atomic E-state index is 12.0. The third-order valence-corrected chi connectivity index (χ3v) is 5.81. The van der Waals surface area contributed by atoms with Crippen molar-refractivity contribution in [1.29, 1.82) is 0 Å². The summed E-state index contributed by atoms with van der Waals surface area (Å²) in [7, 11) is 2.38. The predicted octanol–water partition coefficient (Wildman–Crippen LogP) is -1.06. The minimum absolute atomic E-state index is 0. The smallest absolute Gasteiger partial charge is 0.229 e. The number of fused-ring (bicyclic) bond motifs is 1. The van der Waals surface area contributed by atoms with Crippen LogP contribution in [0.25, 0.3) is 0 Å². The number of carbonyl (C=O) groups excluding carboxylic acids is 2. The number of amides is 2. The van der Waals surface area contributed by atoms with Crippen LogP contribution in [0.2, 0.25) is 0 Å². The van der Waals surface area contributed by atoms with Crippen LogP contribution in [0.1, 0.15) is 51.4 Å². The zero-order chi connectivity index (χ0) is 14.2. The molecule has 21 heavy (non-hydrogen) atoms. The van der Waals surface area contributed by atoms with E-state index in [1.165, 1.54) is 49.7 Å². The fraction of sp³-hybridized carbons (Fsp3) is 0.875. The Bertz CT molecular complexity index is 395. The Hall–Kier alpha value is -0.170. The van der Waals surface area contributed by atoms with Crippen molar-refractivity contribution in [2.24, 2.45) is 5.92 Å². The van der Waals surface area contributed by atoms with Crippen LogP contribution in [0.3, 0.4) is 0 Å². The average molecular weight is 406 g/mol. The molecule has 0 aromatic heterocycles. The zero-order valence-electron chi connectivity index (χ0n) is 13.0. The molecule has 3 fully saturated rings. The monoisotopic (exact) mass is 406 g/mol. The Morgan fingerprint density at radius 2 is 1.67 bits per heavy atom. The predicted molar refractivity (Wildman–Crippen MR) is 76.9 cm³/mol. The Labute approximate surface area is 144 Å². The fourth-order valence-electron chi connectivity index (χ4n) is 4.68. The van der Waals surface area contributed by atoms with Gasteiger partial charge in [0.15, 0.2) is 0 Å². The van der Waals surface area contributed by atoms with Crippen molar-refractivity contribution in [2.45, 2.75) is 57.4 Å². The second-order valence-electron chi connectivity index (χ2n) is 7.14. The van der Waals surface area contributed by atoms with Gasteiger partial charge < -0.3 is 28.5 Å². The lowest BCUT2D eigenvalue weighted by molar-refractivity contribution is -0.947. The molecule has 3 heterocycles. The fourth-order valence-corrected chi connectivity index (χ4v) is 4.68. The Kier molecular flexibility index (Phi) is 5.68. The van der Waals surface area contributed by atoms with Gasteiger partial charge in [0.25, 0.3) is 0 Å². The first-order valence-corrected chi connectivity index (χ1v) is 8.27. The molecule has 0 saturated carbocycles. The molecular formula is C16H27IN2O2. The molecule has 4 nitrogen and oxygen atoms in total. The third-order valence-electron chi connectivity index (χ3n) is 5.81. The number of quaternary nitrogens is 1. The highest BCUT2D eigenvalue weighted by Crippen LogP contribution is 2.36. The van der Waals surface area contributed by atoms with Crippen molar-refractivity contribution in [2.75, 3.05) is 26.7 Å². The van der Waals surface area contributed by atoms with Crippen LogP contribution >= 0.6 is 0 Å². The molecular weight excluding hydrogens is 379 g/mol. The van der Waals surface area contributed by atoms with Gasteiger partial charge in [0.1, 0.15) is 0 Å². The van der Waals surface area contributed by atoms with E-state index in [0.717, 1.165) is 6.42 Å². The lowest BCUT2D eigenvalue weighted by Crippen LogP contribution is -3.00. The zero-order valence-corrected chi connectivity index (χ0v) is 15.2. The molecule has 0 bridgehead atoms. The van der Waals surface area contributed by atoms with Crippen LogP contribution in [0.15, 0.2) is 0 Å². The number of hydrogen-bond donors (Lipinski definition) is 0. The number of rotatable bonds is 2. The summed E-state index contributed by atoms with van der Waals surface area (Å²) in [5, 5.41) is 0. The van der Waals surface area contributed by atoms with E-state index in [-0.39, 0.29) is 35.8 Å². The molecule has 0 spiro atoms. The molecule has 3 rings (SSSR count). The number of halogens is 1. The highest BCUT2D eigenvalue weighted by Gasteiger charge is 2.45. The molecule has 120 valence electrons. The van der Waals surface area contributed by atoms with Crippen molar-refractivity contribution in [3.63, 3.8) is 0 Å². The van der Waals surface area contributed by atoms with Gasteiger partial charge in [0, 0.05) is 31.7 Å². The number of hydrogen-bond acceptors (Lipinski definition) is 2. The van der Waals surface area contributed by atoms with Gasteiger partial charge in [0.05, 0.1) is 26.2 Å². The summed E-state index contributed by atoms with van der Waals surface area (Å²) in [5.74, 6) is 0.661. The molecule has 3 aliphatic heterocycles. The largest absolute Gasteiger partial charge is 1.00 e. The van der Waals surface area contributed by atoms with E-state index in [1.807, 2.05) is 0 Å². The summed E-state index contributed by atoms with van der Waals surface area (Å²) in [6.07, 6.45) is 8.24. The average Bonchev–Trinajstić information content (AvgIpc) is 2.42. The summed E-state index contributed by atoms with van der Waals surface area (Å²) in [5.41, 5.74) is 0. The van der Waals surface area contributed by atoms with Gasteiger partial charge >= 0.3 is 0 Å². The molecule has 0 aromatic rings. The first-order valence-electron chi connectivity index (χ1n) is 8.27. The molecule has 3 aliphatic rings. The highest BCUT2D eigenvalue weighted by atomic mass is 127. The number of imide groups is 1. The van der Waals surface area contributed by atoms with Crippen LogP contribution in [0.5, 0.6) is 0 Å². The summed E-state index contributed by atoms with van der Waals surface area (Å²) < 4.78 is 1.18. The summed E-state index contributed by atoms with van der Waals surface area (Å²) >= 11 is 0. The summed E-state index contributed by atoms with van der Waals surface area (Å²) in [4.78, 5) is 25.6. The number of piperidine rings is 3. The van der Waals surface area contributed by atoms with E-state index >= 15 is 0 Å². The quantitative estimate of drug-likeness (QED) is 0.333. The summed E-state index contributed by atoms with van der Waals surface area (Å²) in [6.45, 7) is 3.25. The van der Waals surface area contributed by atoms with Crippen LogP contribution in [0.4, 0.5) is 0 Å². The minimum Gasteiger partial charge on any atom is -1.00 e. The van der Waals surface area contributed by atoms with E-state index < -0.39 is 0 Å². The van der Waals surface area contributed by atoms with Crippen LogP contribution in [-0.4, -0.2) is 53.9 Å². The van der Waals surface area contributed by atoms with Gasteiger partial charge in [0.2, 0.25) is 11.8 Å². The normalized spacial score (nSPS) is 36.9. The number of carbonyl (C=O) groups is 2. The van der Waals surface area contributed by atoms with E-state index in [0.29, 0.717) is 31.3 Å². The van der Waals surface area contributed by atoms with Gasteiger partial charge in [-0.05, 0) is 32.1 Å².